The maximum atomic E-state index is 12.5. The SMILES string of the molecule is Cc1sc(-c2ccc(Cl)cc2)nc1NC(=O)NNc1cc(C(C)C)c2c(C)nn(C)c2n1. The summed E-state index contributed by atoms with van der Waals surface area (Å²) in [5.41, 5.74) is 9.31. The van der Waals surface area contributed by atoms with Crippen LogP contribution in [0.25, 0.3) is 21.6 Å². The number of aromatic nitrogens is 4. The average Bonchev–Trinajstić information content (AvgIpc) is 3.25. The summed E-state index contributed by atoms with van der Waals surface area (Å²) in [6.07, 6.45) is 0. The zero-order chi connectivity index (χ0) is 23.0. The van der Waals surface area contributed by atoms with E-state index in [9.17, 15) is 4.79 Å². The number of rotatable bonds is 5. The Morgan fingerprint density at radius 2 is 1.88 bits per heavy atom. The smallest absolute Gasteiger partial charge is 0.290 e. The molecule has 0 spiro atoms. The van der Waals surface area contributed by atoms with Gasteiger partial charge in [-0.25, -0.2) is 20.2 Å². The third-order valence-electron chi connectivity index (χ3n) is 5.04. The van der Waals surface area contributed by atoms with Gasteiger partial charge in [0.2, 0.25) is 0 Å². The predicted octanol–water partition coefficient (Wildman–Crippen LogP) is 5.63. The number of aryl methyl sites for hydroxylation is 3. The van der Waals surface area contributed by atoms with E-state index in [0.717, 1.165) is 37.7 Å². The molecule has 8 nitrogen and oxygen atoms in total. The molecule has 166 valence electrons. The van der Waals surface area contributed by atoms with Gasteiger partial charge in [-0.15, -0.1) is 11.3 Å². The van der Waals surface area contributed by atoms with Crippen LogP contribution in [0.15, 0.2) is 30.3 Å². The minimum absolute atomic E-state index is 0.279. The molecule has 0 aliphatic carbocycles. The van der Waals surface area contributed by atoms with Crippen LogP contribution in [0.4, 0.5) is 16.4 Å². The lowest BCUT2D eigenvalue weighted by Gasteiger charge is -2.13. The molecule has 0 fully saturated rings. The van der Waals surface area contributed by atoms with Gasteiger partial charge in [-0.3, -0.25) is 15.4 Å². The molecule has 0 unspecified atom stereocenters. The lowest BCUT2D eigenvalue weighted by molar-refractivity contribution is 0.253. The fraction of sp³-hybridized carbons (Fsp3) is 0.273. The molecule has 3 aromatic heterocycles. The molecule has 10 heteroatoms. The Kier molecular flexibility index (Phi) is 6.03. The number of fused-ring (bicyclic) bond motifs is 1. The Hall–Kier alpha value is -3.17. The predicted molar refractivity (Wildman–Crippen MR) is 130 cm³/mol. The molecule has 0 aliphatic rings. The van der Waals surface area contributed by atoms with Crippen molar-refractivity contribution in [2.24, 2.45) is 7.05 Å². The summed E-state index contributed by atoms with van der Waals surface area (Å²) in [4.78, 5) is 22.6. The quantitative estimate of drug-likeness (QED) is 0.329. The molecule has 0 bridgehead atoms. The monoisotopic (exact) mass is 469 g/mol. The highest BCUT2D eigenvalue weighted by Crippen LogP contribution is 2.31. The fourth-order valence-electron chi connectivity index (χ4n) is 3.49. The number of hydrogen-bond donors (Lipinski definition) is 3. The van der Waals surface area contributed by atoms with Crippen molar-refractivity contribution in [3.63, 3.8) is 0 Å². The highest BCUT2D eigenvalue weighted by Gasteiger charge is 2.16. The van der Waals surface area contributed by atoms with Crippen LogP contribution in [0.5, 0.6) is 0 Å². The molecule has 2 amide bonds. The highest BCUT2D eigenvalue weighted by atomic mass is 35.5. The second kappa shape index (κ2) is 8.76. The normalized spacial score (nSPS) is 11.2. The summed E-state index contributed by atoms with van der Waals surface area (Å²) in [6.45, 7) is 8.13. The number of halogens is 1. The second-order valence-corrected chi connectivity index (χ2v) is 9.43. The number of carbonyl (C=O) groups is 1. The number of pyridine rings is 1. The van der Waals surface area contributed by atoms with Gasteiger partial charge in [0.05, 0.1) is 5.69 Å². The third kappa shape index (κ3) is 4.39. The van der Waals surface area contributed by atoms with Crippen molar-refractivity contribution in [3.8, 4) is 10.6 Å². The van der Waals surface area contributed by atoms with Crippen LogP contribution >= 0.6 is 22.9 Å². The zero-order valence-corrected chi connectivity index (χ0v) is 20.0. The van der Waals surface area contributed by atoms with Crippen molar-refractivity contribution < 1.29 is 4.79 Å². The number of carbonyl (C=O) groups excluding carboxylic acids is 1. The first-order chi connectivity index (χ1) is 15.2. The van der Waals surface area contributed by atoms with Gasteiger partial charge < -0.3 is 0 Å². The molecule has 0 aliphatic heterocycles. The van der Waals surface area contributed by atoms with Gasteiger partial charge in [0.15, 0.2) is 5.65 Å². The Bertz CT molecular complexity index is 1290. The largest absolute Gasteiger partial charge is 0.339 e. The first kappa shape index (κ1) is 22.0. The summed E-state index contributed by atoms with van der Waals surface area (Å²) in [6, 6.07) is 8.94. The Morgan fingerprint density at radius 3 is 2.56 bits per heavy atom. The molecule has 3 heterocycles. The van der Waals surface area contributed by atoms with Crippen molar-refractivity contribution in [2.75, 3.05) is 10.7 Å². The number of anilines is 2. The summed E-state index contributed by atoms with van der Waals surface area (Å²) < 4.78 is 1.75. The Morgan fingerprint density at radius 1 is 1.16 bits per heavy atom. The number of benzene rings is 1. The van der Waals surface area contributed by atoms with Crippen molar-refractivity contribution >= 4 is 51.6 Å². The number of nitrogens with one attached hydrogen (secondary N) is 3. The van der Waals surface area contributed by atoms with E-state index in [0.29, 0.717) is 16.7 Å². The molecule has 0 radical (unpaired) electrons. The van der Waals surface area contributed by atoms with Gasteiger partial charge in [0.25, 0.3) is 0 Å². The lowest BCUT2D eigenvalue weighted by atomic mass is 10.00. The number of nitrogens with zero attached hydrogens (tertiary/aromatic N) is 4. The minimum Gasteiger partial charge on any atom is -0.290 e. The highest BCUT2D eigenvalue weighted by molar-refractivity contribution is 7.15. The molecular formula is C22H24ClN7OS. The van der Waals surface area contributed by atoms with Crippen LogP contribution in [0, 0.1) is 13.8 Å². The summed E-state index contributed by atoms with van der Waals surface area (Å²) in [7, 11) is 1.86. The Labute approximate surface area is 195 Å². The number of urea groups is 1. The maximum Gasteiger partial charge on any atom is 0.339 e. The van der Waals surface area contributed by atoms with Gasteiger partial charge in [-0.05, 0) is 43.5 Å². The molecule has 1 aromatic carbocycles. The number of hydrazine groups is 1. The van der Waals surface area contributed by atoms with Crippen molar-refractivity contribution in [1.29, 1.82) is 0 Å². The molecule has 3 N–H and O–H groups in total. The van der Waals surface area contributed by atoms with Gasteiger partial charge in [-0.2, -0.15) is 5.10 Å². The van der Waals surface area contributed by atoms with Crippen LogP contribution in [0.3, 0.4) is 0 Å². The molecule has 4 aromatic rings. The second-order valence-electron chi connectivity index (χ2n) is 7.79. The van der Waals surface area contributed by atoms with Gasteiger partial charge in [0, 0.05) is 27.9 Å². The van der Waals surface area contributed by atoms with Crippen LogP contribution in [-0.4, -0.2) is 25.8 Å². The average molecular weight is 470 g/mol. The molecule has 32 heavy (non-hydrogen) atoms. The standard InChI is InChI=1S/C22H24ClN7OS/c1-11(2)16-10-17(24-20-18(16)12(3)29-30(20)5)27-28-22(31)26-19-13(4)32-21(25-19)14-6-8-15(23)9-7-14/h6-11H,1-5H3,(H,24,27)(H2,26,28,31). The first-order valence-electron chi connectivity index (χ1n) is 10.1. The van der Waals surface area contributed by atoms with E-state index in [1.807, 2.05) is 51.2 Å². The van der Waals surface area contributed by atoms with Crippen molar-refractivity contribution in [3.05, 3.63) is 51.5 Å². The van der Waals surface area contributed by atoms with Crippen molar-refractivity contribution in [1.82, 2.24) is 25.2 Å². The van der Waals surface area contributed by atoms with E-state index in [4.69, 9.17) is 11.6 Å². The van der Waals surface area contributed by atoms with Crippen LogP contribution < -0.4 is 16.2 Å². The summed E-state index contributed by atoms with van der Waals surface area (Å²) in [5.74, 6) is 1.32. The van der Waals surface area contributed by atoms with E-state index in [2.05, 4.69) is 45.1 Å². The number of amides is 2. The van der Waals surface area contributed by atoms with Gasteiger partial charge in [0.1, 0.15) is 16.6 Å². The van der Waals surface area contributed by atoms with Gasteiger partial charge in [-0.1, -0.05) is 37.6 Å². The van der Waals surface area contributed by atoms with Crippen LogP contribution in [-0.2, 0) is 7.05 Å². The topological polar surface area (TPSA) is 96.8 Å². The van der Waals surface area contributed by atoms with Gasteiger partial charge >= 0.3 is 6.03 Å². The number of thiazole rings is 1. The molecule has 4 rings (SSSR count). The molecule has 0 saturated heterocycles. The van der Waals surface area contributed by atoms with E-state index >= 15 is 0 Å². The fourth-order valence-corrected chi connectivity index (χ4v) is 4.49. The van der Waals surface area contributed by atoms with Crippen LogP contribution in [0.2, 0.25) is 5.02 Å². The lowest BCUT2D eigenvalue weighted by Crippen LogP contribution is -2.34. The minimum atomic E-state index is -0.435. The Balaban J connectivity index is 1.48. The molecule has 0 atom stereocenters. The van der Waals surface area contributed by atoms with E-state index < -0.39 is 6.03 Å². The first-order valence-corrected chi connectivity index (χ1v) is 11.3. The summed E-state index contributed by atoms with van der Waals surface area (Å²) in [5, 5.41) is 9.79. The molecular weight excluding hydrogens is 446 g/mol. The zero-order valence-electron chi connectivity index (χ0n) is 18.4. The van der Waals surface area contributed by atoms with Crippen molar-refractivity contribution in [2.45, 2.75) is 33.6 Å². The third-order valence-corrected chi connectivity index (χ3v) is 6.32. The molecule has 0 saturated carbocycles. The maximum absolute atomic E-state index is 12.5. The summed E-state index contributed by atoms with van der Waals surface area (Å²) >= 11 is 7.46. The number of hydrogen-bond acceptors (Lipinski definition) is 6. The van der Waals surface area contributed by atoms with E-state index in [1.54, 1.807) is 4.68 Å². The van der Waals surface area contributed by atoms with E-state index in [-0.39, 0.29) is 5.92 Å². The van der Waals surface area contributed by atoms with Crippen LogP contribution in [0.1, 0.15) is 35.9 Å². The van der Waals surface area contributed by atoms with E-state index in [1.165, 1.54) is 11.3 Å².